The van der Waals surface area contributed by atoms with Gasteiger partial charge in [-0.25, -0.2) is 4.79 Å². The molecule has 32 heavy (non-hydrogen) atoms. The molecule has 182 valence electrons. The standard InChI is InChI=1S/C21H27NO4.3C2H6/c1-14-12-17(19(22-25-6)20(23)24-5)18(13-15(14)2)21(3,4)26-16-10-8-7-9-11-16;3*1-2/h7-11H,12-13H2,1-6H3;3*1-2H3/b22-19-;;;. The number of carbonyl (C=O) groups is 1. The molecule has 5 nitrogen and oxygen atoms in total. The average Bonchev–Trinajstić information content (AvgIpc) is 2.83. The second kappa shape index (κ2) is 17.0. The molecule has 0 heterocycles. The van der Waals surface area contributed by atoms with Crippen molar-refractivity contribution in [3.8, 4) is 5.75 Å². The summed E-state index contributed by atoms with van der Waals surface area (Å²) in [5.41, 5.74) is 3.87. The van der Waals surface area contributed by atoms with Gasteiger partial charge in [0.25, 0.3) is 0 Å². The monoisotopic (exact) mass is 447 g/mol. The summed E-state index contributed by atoms with van der Waals surface area (Å²) in [4.78, 5) is 17.2. The summed E-state index contributed by atoms with van der Waals surface area (Å²) in [6.45, 7) is 20.2. The number of nitrogens with zero attached hydrogens (tertiary/aromatic N) is 1. The van der Waals surface area contributed by atoms with Crippen LogP contribution in [0.4, 0.5) is 0 Å². The van der Waals surface area contributed by atoms with Crippen LogP contribution in [0.25, 0.3) is 0 Å². The Labute approximate surface area is 196 Å². The van der Waals surface area contributed by atoms with Crippen molar-refractivity contribution < 1.29 is 19.1 Å². The van der Waals surface area contributed by atoms with Crippen LogP contribution in [0.5, 0.6) is 5.75 Å². The molecule has 1 aromatic rings. The quantitative estimate of drug-likeness (QED) is 0.196. The Morgan fingerprint density at radius 2 is 1.38 bits per heavy atom. The number of hydrogen-bond donors (Lipinski definition) is 0. The lowest BCUT2D eigenvalue weighted by atomic mass is 9.78. The summed E-state index contributed by atoms with van der Waals surface area (Å²) in [5.74, 6) is 0.263. The summed E-state index contributed by atoms with van der Waals surface area (Å²) in [6, 6.07) is 9.65. The highest BCUT2D eigenvalue weighted by Crippen LogP contribution is 2.38. The van der Waals surface area contributed by atoms with E-state index in [1.807, 2.05) is 85.7 Å². The number of hydrogen-bond acceptors (Lipinski definition) is 5. The Kier molecular flexibility index (Phi) is 16.8. The van der Waals surface area contributed by atoms with Crippen LogP contribution < -0.4 is 4.74 Å². The smallest absolute Gasteiger partial charge is 0.360 e. The van der Waals surface area contributed by atoms with Gasteiger partial charge in [0.05, 0.1) is 7.11 Å². The molecular weight excluding hydrogens is 402 g/mol. The van der Waals surface area contributed by atoms with E-state index in [-0.39, 0.29) is 5.71 Å². The number of oxime groups is 1. The molecule has 0 aromatic heterocycles. The highest BCUT2D eigenvalue weighted by molar-refractivity contribution is 6.43. The lowest BCUT2D eigenvalue weighted by Gasteiger charge is -2.35. The van der Waals surface area contributed by atoms with Crippen LogP contribution in [0.3, 0.4) is 0 Å². The van der Waals surface area contributed by atoms with E-state index in [4.69, 9.17) is 14.3 Å². The fourth-order valence-electron chi connectivity index (χ4n) is 3.10. The number of ether oxygens (including phenoxy) is 2. The van der Waals surface area contributed by atoms with E-state index in [1.165, 1.54) is 25.4 Å². The number of carbonyl (C=O) groups excluding carboxylic acids is 1. The summed E-state index contributed by atoms with van der Waals surface area (Å²) in [6.07, 6.45) is 1.32. The zero-order valence-electron chi connectivity index (χ0n) is 22.4. The van der Waals surface area contributed by atoms with Crippen molar-refractivity contribution in [2.45, 2.75) is 87.7 Å². The van der Waals surface area contributed by atoms with Crippen molar-refractivity contribution in [1.82, 2.24) is 0 Å². The Morgan fingerprint density at radius 1 is 0.875 bits per heavy atom. The van der Waals surface area contributed by atoms with Crippen LogP contribution in [0.1, 0.15) is 82.1 Å². The first-order valence-corrected chi connectivity index (χ1v) is 11.6. The molecule has 1 aliphatic carbocycles. The number of allylic oxidation sites excluding steroid dienone is 2. The van der Waals surface area contributed by atoms with E-state index in [2.05, 4.69) is 19.0 Å². The fraction of sp³-hybridized carbons (Fsp3) is 0.556. The van der Waals surface area contributed by atoms with Gasteiger partial charge in [0.2, 0.25) is 0 Å². The number of benzene rings is 1. The molecule has 5 heteroatoms. The number of esters is 1. The van der Waals surface area contributed by atoms with Gasteiger partial charge in [0, 0.05) is 0 Å². The minimum Gasteiger partial charge on any atom is -0.483 e. The largest absolute Gasteiger partial charge is 0.483 e. The van der Waals surface area contributed by atoms with Crippen molar-refractivity contribution >= 4 is 11.7 Å². The van der Waals surface area contributed by atoms with E-state index in [9.17, 15) is 4.79 Å². The third-order valence-corrected chi connectivity index (χ3v) is 4.67. The van der Waals surface area contributed by atoms with Gasteiger partial charge < -0.3 is 14.3 Å². The highest BCUT2D eigenvalue weighted by Gasteiger charge is 2.35. The number of methoxy groups -OCH3 is 1. The van der Waals surface area contributed by atoms with Crippen molar-refractivity contribution in [2.75, 3.05) is 14.2 Å². The van der Waals surface area contributed by atoms with E-state index in [0.29, 0.717) is 12.8 Å². The SMILES string of the molecule is CC.CC.CC.CO/N=C(\C(=O)OC)C1=C(C(C)(C)Oc2ccccc2)CC(C)=C(C)C1. The first-order valence-electron chi connectivity index (χ1n) is 11.6. The maximum Gasteiger partial charge on any atom is 0.360 e. The van der Waals surface area contributed by atoms with Crippen LogP contribution in [-0.4, -0.2) is 31.5 Å². The molecule has 0 aliphatic heterocycles. The van der Waals surface area contributed by atoms with Gasteiger partial charge in [-0.1, -0.05) is 76.0 Å². The molecular formula is C27H45NO4. The Bertz CT molecular complexity index is 759. The van der Waals surface area contributed by atoms with Gasteiger partial charge in [-0.15, -0.1) is 0 Å². The number of rotatable bonds is 6. The molecule has 1 aromatic carbocycles. The van der Waals surface area contributed by atoms with Crippen molar-refractivity contribution in [3.05, 3.63) is 52.6 Å². The maximum atomic E-state index is 12.3. The zero-order chi connectivity index (χ0) is 25.3. The van der Waals surface area contributed by atoms with Crippen molar-refractivity contribution in [1.29, 1.82) is 0 Å². The predicted molar refractivity (Wildman–Crippen MR) is 136 cm³/mol. The van der Waals surface area contributed by atoms with Gasteiger partial charge in [0.15, 0.2) is 5.71 Å². The molecule has 1 aliphatic rings. The summed E-state index contributed by atoms with van der Waals surface area (Å²) in [7, 11) is 2.77. The molecule has 0 saturated carbocycles. The molecule has 0 bridgehead atoms. The van der Waals surface area contributed by atoms with Crippen LogP contribution >= 0.6 is 0 Å². The van der Waals surface area contributed by atoms with Crippen LogP contribution in [-0.2, 0) is 14.4 Å². The third kappa shape index (κ3) is 9.29. The summed E-state index contributed by atoms with van der Waals surface area (Å²) in [5, 5.41) is 3.95. The van der Waals surface area contributed by atoms with E-state index < -0.39 is 11.6 Å². The van der Waals surface area contributed by atoms with E-state index >= 15 is 0 Å². The normalized spacial score (nSPS) is 13.4. The molecule has 0 spiro atoms. The Hall–Kier alpha value is -2.56. The van der Waals surface area contributed by atoms with Gasteiger partial charge in [-0.3, -0.25) is 0 Å². The minimum absolute atomic E-state index is 0.196. The van der Waals surface area contributed by atoms with Crippen LogP contribution in [0.15, 0.2) is 57.8 Å². The van der Waals surface area contributed by atoms with E-state index in [0.717, 1.165) is 16.9 Å². The fourth-order valence-corrected chi connectivity index (χ4v) is 3.10. The van der Waals surface area contributed by atoms with Crippen molar-refractivity contribution in [2.24, 2.45) is 5.16 Å². The molecule has 0 radical (unpaired) electrons. The summed E-state index contributed by atoms with van der Waals surface area (Å²) >= 11 is 0. The van der Waals surface area contributed by atoms with Crippen LogP contribution in [0.2, 0.25) is 0 Å². The van der Waals surface area contributed by atoms with Gasteiger partial charge >= 0.3 is 5.97 Å². The Morgan fingerprint density at radius 3 is 1.84 bits per heavy atom. The molecule has 0 saturated heterocycles. The predicted octanol–water partition coefficient (Wildman–Crippen LogP) is 7.52. The van der Waals surface area contributed by atoms with Crippen LogP contribution in [0, 0.1) is 0 Å². The topological polar surface area (TPSA) is 57.1 Å². The van der Waals surface area contributed by atoms with Gasteiger partial charge in [0.1, 0.15) is 18.5 Å². The lowest BCUT2D eigenvalue weighted by molar-refractivity contribution is -0.132. The number of para-hydroxylation sites is 1. The van der Waals surface area contributed by atoms with Gasteiger partial charge in [-0.05, 0) is 63.8 Å². The lowest BCUT2D eigenvalue weighted by Crippen LogP contribution is -2.35. The molecule has 0 amide bonds. The van der Waals surface area contributed by atoms with E-state index in [1.54, 1.807) is 0 Å². The minimum atomic E-state index is -0.624. The van der Waals surface area contributed by atoms with Gasteiger partial charge in [-0.2, -0.15) is 0 Å². The second-order valence-corrected chi connectivity index (χ2v) is 6.91. The highest BCUT2D eigenvalue weighted by atomic mass is 16.6. The molecule has 2 rings (SSSR count). The maximum absolute atomic E-state index is 12.3. The average molecular weight is 448 g/mol. The molecule has 0 N–H and O–H groups in total. The first-order chi connectivity index (χ1) is 15.3. The third-order valence-electron chi connectivity index (χ3n) is 4.67. The van der Waals surface area contributed by atoms with Crippen molar-refractivity contribution in [3.63, 3.8) is 0 Å². The molecule has 0 fully saturated rings. The second-order valence-electron chi connectivity index (χ2n) is 6.91. The molecule has 0 atom stereocenters. The molecule has 0 unspecified atom stereocenters. The zero-order valence-corrected chi connectivity index (χ0v) is 22.4. The summed E-state index contributed by atoms with van der Waals surface area (Å²) < 4.78 is 11.2. The first kappa shape index (κ1) is 31.6. The Balaban J connectivity index is 0.